The Morgan fingerprint density at radius 1 is 0.732 bits per heavy atom. The quantitative estimate of drug-likeness (QED) is 0.0367. The summed E-state index contributed by atoms with van der Waals surface area (Å²) >= 11 is 0. The SMILES string of the molecule is CCCCCCCCCCCCCCCC(=O)OC[C@H](COP(=O)(O)OCCN)OC(=O)CCCCCCCC=O. The number of hydrogen-bond donors (Lipinski definition) is 2. The minimum Gasteiger partial charge on any atom is -0.462 e. The lowest BCUT2D eigenvalue weighted by Crippen LogP contribution is -2.29. The van der Waals surface area contributed by atoms with Gasteiger partial charge in [0.25, 0.3) is 0 Å². The molecule has 0 amide bonds. The molecule has 10 nitrogen and oxygen atoms in total. The van der Waals surface area contributed by atoms with Gasteiger partial charge in [0.05, 0.1) is 13.2 Å². The van der Waals surface area contributed by atoms with Crippen molar-refractivity contribution in [3.63, 3.8) is 0 Å². The smallest absolute Gasteiger partial charge is 0.462 e. The zero-order chi connectivity index (χ0) is 30.4. The highest BCUT2D eigenvalue weighted by molar-refractivity contribution is 7.47. The molecule has 242 valence electrons. The molecular formula is C30H58NO9P. The van der Waals surface area contributed by atoms with E-state index in [1.807, 2.05) is 0 Å². The van der Waals surface area contributed by atoms with Crippen LogP contribution < -0.4 is 5.73 Å². The molecule has 2 atom stereocenters. The largest absolute Gasteiger partial charge is 0.472 e. The highest BCUT2D eigenvalue weighted by Gasteiger charge is 2.25. The molecule has 0 fully saturated rings. The maximum Gasteiger partial charge on any atom is 0.472 e. The van der Waals surface area contributed by atoms with Crippen LogP contribution in [0.25, 0.3) is 0 Å². The van der Waals surface area contributed by atoms with E-state index in [4.69, 9.17) is 24.3 Å². The molecule has 0 rings (SSSR count). The van der Waals surface area contributed by atoms with E-state index in [0.717, 1.165) is 51.2 Å². The molecule has 0 heterocycles. The zero-order valence-electron chi connectivity index (χ0n) is 25.6. The number of phosphoric ester groups is 1. The van der Waals surface area contributed by atoms with Gasteiger partial charge in [-0.3, -0.25) is 18.6 Å². The molecular weight excluding hydrogens is 549 g/mol. The summed E-state index contributed by atoms with van der Waals surface area (Å²) in [5.41, 5.74) is 5.28. The molecule has 0 aromatic carbocycles. The van der Waals surface area contributed by atoms with Crippen molar-refractivity contribution in [1.29, 1.82) is 0 Å². The minimum absolute atomic E-state index is 0.0400. The van der Waals surface area contributed by atoms with Gasteiger partial charge in [-0.2, -0.15) is 0 Å². The molecule has 0 aliphatic heterocycles. The van der Waals surface area contributed by atoms with E-state index in [1.165, 1.54) is 64.2 Å². The maximum absolute atomic E-state index is 12.3. The highest BCUT2D eigenvalue weighted by atomic mass is 31.2. The lowest BCUT2D eigenvalue weighted by molar-refractivity contribution is -0.161. The summed E-state index contributed by atoms with van der Waals surface area (Å²) in [6, 6.07) is 0. The van der Waals surface area contributed by atoms with Crippen LogP contribution in [0.2, 0.25) is 0 Å². The van der Waals surface area contributed by atoms with E-state index < -0.39 is 32.5 Å². The first-order valence-corrected chi connectivity index (χ1v) is 17.4. The number of carbonyl (C=O) groups is 3. The Hall–Kier alpha value is -1.32. The number of rotatable bonds is 31. The van der Waals surface area contributed by atoms with Gasteiger partial charge in [0.1, 0.15) is 12.9 Å². The second kappa shape index (κ2) is 28.8. The summed E-state index contributed by atoms with van der Waals surface area (Å²) in [7, 11) is -4.37. The monoisotopic (exact) mass is 607 g/mol. The number of phosphoric acid groups is 1. The Labute approximate surface area is 248 Å². The van der Waals surface area contributed by atoms with Crippen LogP contribution in [0.1, 0.15) is 142 Å². The van der Waals surface area contributed by atoms with Crippen LogP contribution in [0.5, 0.6) is 0 Å². The molecule has 3 N–H and O–H groups in total. The van der Waals surface area contributed by atoms with Gasteiger partial charge >= 0.3 is 19.8 Å². The summed E-state index contributed by atoms with van der Waals surface area (Å²) in [4.78, 5) is 44.6. The minimum atomic E-state index is -4.37. The second-order valence-corrected chi connectivity index (χ2v) is 12.1. The zero-order valence-corrected chi connectivity index (χ0v) is 26.5. The van der Waals surface area contributed by atoms with E-state index in [2.05, 4.69) is 6.92 Å². The molecule has 0 saturated heterocycles. The van der Waals surface area contributed by atoms with Crippen LogP contribution in [0.3, 0.4) is 0 Å². The van der Waals surface area contributed by atoms with Gasteiger partial charge in [-0.15, -0.1) is 0 Å². The third-order valence-corrected chi connectivity index (χ3v) is 7.70. The summed E-state index contributed by atoms with van der Waals surface area (Å²) < 4.78 is 32.2. The number of carbonyl (C=O) groups excluding carboxylic acids is 3. The van der Waals surface area contributed by atoms with Crippen molar-refractivity contribution in [2.75, 3.05) is 26.4 Å². The van der Waals surface area contributed by atoms with Gasteiger partial charge in [0.2, 0.25) is 0 Å². The predicted molar refractivity (Wildman–Crippen MR) is 160 cm³/mol. The first-order chi connectivity index (χ1) is 19.8. The normalized spacial score (nSPS) is 13.4. The highest BCUT2D eigenvalue weighted by Crippen LogP contribution is 2.43. The fraction of sp³-hybridized carbons (Fsp3) is 0.900. The lowest BCUT2D eigenvalue weighted by atomic mass is 10.0. The molecule has 1 unspecified atom stereocenters. The number of nitrogens with two attached hydrogens (primary N) is 1. The molecule has 0 bridgehead atoms. The second-order valence-electron chi connectivity index (χ2n) is 10.6. The van der Waals surface area contributed by atoms with Crippen molar-refractivity contribution < 1.29 is 42.4 Å². The van der Waals surface area contributed by atoms with Gasteiger partial charge in [0, 0.05) is 25.8 Å². The van der Waals surface area contributed by atoms with Crippen LogP contribution in [0.4, 0.5) is 0 Å². The molecule has 0 saturated carbocycles. The fourth-order valence-electron chi connectivity index (χ4n) is 4.32. The predicted octanol–water partition coefficient (Wildman–Crippen LogP) is 6.94. The molecule has 0 radical (unpaired) electrons. The molecule has 41 heavy (non-hydrogen) atoms. The van der Waals surface area contributed by atoms with E-state index in [-0.39, 0.29) is 32.6 Å². The van der Waals surface area contributed by atoms with Crippen LogP contribution in [-0.2, 0) is 37.5 Å². The average Bonchev–Trinajstić information content (AvgIpc) is 2.95. The van der Waals surface area contributed by atoms with E-state index >= 15 is 0 Å². The Kier molecular flexibility index (Phi) is 27.9. The Morgan fingerprint density at radius 2 is 1.22 bits per heavy atom. The Balaban J connectivity index is 4.22. The van der Waals surface area contributed by atoms with E-state index in [9.17, 15) is 23.8 Å². The van der Waals surface area contributed by atoms with E-state index in [1.54, 1.807) is 0 Å². The van der Waals surface area contributed by atoms with Crippen LogP contribution in [0, 0.1) is 0 Å². The first-order valence-electron chi connectivity index (χ1n) is 15.9. The van der Waals surface area contributed by atoms with Gasteiger partial charge in [0.15, 0.2) is 6.10 Å². The number of ether oxygens (including phenoxy) is 2. The van der Waals surface area contributed by atoms with Crippen molar-refractivity contribution in [2.45, 2.75) is 148 Å². The van der Waals surface area contributed by atoms with Gasteiger partial charge in [-0.25, -0.2) is 4.57 Å². The topological polar surface area (TPSA) is 151 Å². The molecule has 0 spiro atoms. The van der Waals surface area contributed by atoms with Gasteiger partial charge in [-0.05, 0) is 19.3 Å². The van der Waals surface area contributed by atoms with Crippen molar-refractivity contribution >= 4 is 26.0 Å². The fourth-order valence-corrected chi connectivity index (χ4v) is 5.08. The molecule has 0 aliphatic rings. The molecule has 0 aromatic rings. The van der Waals surface area contributed by atoms with Crippen molar-refractivity contribution in [1.82, 2.24) is 0 Å². The number of aldehydes is 1. The van der Waals surface area contributed by atoms with E-state index in [0.29, 0.717) is 12.8 Å². The standard InChI is InChI=1S/C30H58NO9P/c1-2-3-4-5-6-7-8-9-10-11-12-15-18-21-29(33)37-26-28(27-39-41(35,36)38-25-23-31)40-30(34)22-19-16-13-14-17-20-24-32/h24,28H,2-23,25-27,31H2,1H3,(H,35,36)/t28-/m1/s1. The van der Waals surface area contributed by atoms with Crippen LogP contribution >= 0.6 is 7.82 Å². The molecule has 11 heteroatoms. The summed E-state index contributed by atoms with van der Waals surface area (Å²) in [5.74, 6) is -0.911. The Bertz CT molecular complexity index is 693. The average molecular weight is 608 g/mol. The van der Waals surface area contributed by atoms with Crippen molar-refractivity contribution in [3.05, 3.63) is 0 Å². The van der Waals surface area contributed by atoms with Crippen molar-refractivity contribution in [2.24, 2.45) is 5.73 Å². The third kappa shape index (κ3) is 28.6. The van der Waals surface area contributed by atoms with Crippen LogP contribution in [0.15, 0.2) is 0 Å². The molecule has 0 aromatic heterocycles. The lowest BCUT2D eigenvalue weighted by Gasteiger charge is -2.19. The maximum atomic E-state index is 12.3. The Morgan fingerprint density at radius 3 is 1.73 bits per heavy atom. The van der Waals surface area contributed by atoms with Gasteiger partial charge < -0.3 is 24.9 Å². The van der Waals surface area contributed by atoms with Crippen molar-refractivity contribution in [3.8, 4) is 0 Å². The van der Waals surface area contributed by atoms with Gasteiger partial charge in [-0.1, -0.05) is 103 Å². The number of esters is 2. The first kappa shape index (κ1) is 39.7. The third-order valence-electron chi connectivity index (χ3n) is 6.71. The summed E-state index contributed by atoms with van der Waals surface area (Å²) in [6.07, 6.45) is 20.7. The summed E-state index contributed by atoms with van der Waals surface area (Å²) in [6.45, 7) is 1.38. The number of hydrogen-bond acceptors (Lipinski definition) is 9. The number of unbranched alkanes of at least 4 members (excludes halogenated alkanes) is 17. The molecule has 0 aliphatic carbocycles. The van der Waals surface area contributed by atoms with Crippen LogP contribution in [-0.4, -0.2) is 55.6 Å². The summed E-state index contributed by atoms with van der Waals surface area (Å²) in [5, 5.41) is 0.